The summed E-state index contributed by atoms with van der Waals surface area (Å²) in [4.78, 5) is 50.8. The van der Waals surface area contributed by atoms with E-state index in [9.17, 15) is 49.6 Å². The number of hydrogen-bond acceptors (Lipinski definition) is 10. The average Bonchev–Trinajstić information content (AvgIpc) is 3.59. The number of H-pyrrole nitrogens is 1. The first-order valence-electron chi connectivity index (χ1n) is 13.4. The van der Waals surface area contributed by atoms with Crippen LogP contribution in [0.3, 0.4) is 0 Å². The lowest BCUT2D eigenvalue weighted by atomic mass is 10.1. The second kappa shape index (κ2) is 16.9. The number of rotatable bonds is 4. The maximum atomic E-state index is 11.1. The Morgan fingerprint density at radius 1 is 0.745 bits per heavy atom. The number of nitrogens with zero attached hydrogens (tertiary/aromatic N) is 6. The maximum absolute atomic E-state index is 11.1. The standard InChI is InChI=1S/C21H19N7O2.3C2HF3O2/c29-28(30)18-3-1-2-17(11-18)26-6-8-27(9-7-26)21-19-10-15(16-12-24-25-13-16)4-5-20(19)22-14-23-21;3*3-2(4,5)1(6)7/h1-5,10-14H,6-9H2,(H,24,25);3*(H,6,7). The Labute approximate surface area is 277 Å². The molecule has 2 aromatic carbocycles. The Morgan fingerprint density at radius 3 is 1.71 bits per heavy atom. The number of carboxylic acid groups (broad SMARTS) is 3. The molecule has 1 aliphatic rings. The van der Waals surface area contributed by atoms with Crippen LogP contribution >= 0.6 is 0 Å². The summed E-state index contributed by atoms with van der Waals surface area (Å²) in [6, 6.07) is 12.9. The molecule has 1 saturated heterocycles. The minimum atomic E-state index is -5.08. The molecule has 1 aliphatic heterocycles. The van der Waals surface area contributed by atoms with Crippen molar-refractivity contribution in [1.82, 2.24) is 20.2 Å². The highest BCUT2D eigenvalue weighted by molar-refractivity contribution is 5.93. The van der Waals surface area contributed by atoms with Crippen molar-refractivity contribution in [3.05, 3.63) is 71.3 Å². The number of nitro groups is 1. The van der Waals surface area contributed by atoms with E-state index in [4.69, 9.17) is 29.7 Å². The van der Waals surface area contributed by atoms with Gasteiger partial charge in [-0.15, -0.1) is 0 Å². The fraction of sp³-hybridized carbons (Fsp3) is 0.259. The lowest BCUT2D eigenvalue weighted by Gasteiger charge is -2.37. The van der Waals surface area contributed by atoms with E-state index in [0.717, 1.165) is 59.7 Å². The van der Waals surface area contributed by atoms with Crippen LogP contribution in [0.15, 0.2) is 61.2 Å². The van der Waals surface area contributed by atoms with Crippen LogP contribution in [-0.4, -0.2) is 103 Å². The number of alkyl halides is 9. The summed E-state index contributed by atoms with van der Waals surface area (Å²) in [6.07, 6.45) is -9.99. The third kappa shape index (κ3) is 12.6. The van der Waals surface area contributed by atoms with E-state index in [1.165, 1.54) is 6.07 Å². The molecule has 0 spiro atoms. The minimum Gasteiger partial charge on any atom is -0.475 e. The van der Waals surface area contributed by atoms with E-state index in [1.807, 2.05) is 24.4 Å². The van der Waals surface area contributed by atoms with Gasteiger partial charge in [0, 0.05) is 61.1 Å². The van der Waals surface area contributed by atoms with Crippen LogP contribution in [0.2, 0.25) is 0 Å². The molecule has 1 fully saturated rings. The number of anilines is 2. The summed E-state index contributed by atoms with van der Waals surface area (Å²) in [7, 11) is 0. The molecule has 24 heteroatoms. The first kappa shape index (κ1) is 40.9. The molecule has 0 atom stereocenters. The van der Waals surface area contributed by atoms with Gasteiger partial charge >= 0.3 is 36.4 Å². The summed E-state index contributed by atoms with van der Waals surface area (Å²) < 4.78 is 95.2. The second-order valence-corrected chi connectivity index (χ2v) is 9.58. The number of carbonyl (C=O) groups is 3. The van der Waals surface area contributed by atoms with E-state index in [1.54, 1.807) is 24.7 Å². The van der Waals surface area contributed by atoms with Gasteiger partial charge in [-0.1, -0.05) is 12.1 Å². The van der Waals surface area contributed by atoms with Gasteiger partial charge in [0.15, 0.2) is 0 Å². The minimum absolute atomic E-state index is 0.114. The van der Waals surface area contributed by atoms with Gasteiger partial charge in [0.2, 0.25) is 0 Å². The molecule has 4 aromatic rings. The molecular weight excluding hydrogens is 721 g/mol. The lowest BCUT2D eigenvalue weighted by Crippen LogP contribution is -2.46. The smallest absolute Gasteiger partial charge is 0.475 e. The number of halogens is 9. The first-order valence-corrected chi connectivity index (χ1v) is 13.4. The highest BCUT2D eigenvalue weighted by Gasteiger charge is 2.39. The summed E-state index contributed by atoms with van der Waals surface area (Å²) in [6.45, 7) is 3.05. The third-order valence-corrected chi connectivity index (χ3v) is 6.16. The van der Waals surface area contributed by atoms with Crippen molar-refractivity contribution in [3.8, 4) is 11.1 Å². The van der Waals surface area contributed by atoms with Crippen LogP contribution < -0.4 is 9.80 Å². The van der Waals surface area contributed by atoms with Gasteiger partial charge in [-0.3, -0.25) is 15.2 Å². The number of benzene rings is 2. The number of fused-ring (bicyclic) bond motifs is 1. The molecule has 5 rings (SSSR count). The zero-order chi connectivity index (χ0) is 38.7. The van der Waals surface area contributed by atoms with Crippen molar-refractivity contribution in [2.24, 2.45) is 0 Å². The number of piperazine rings is 1. The van der Waals surface area contributed by atoms with Crippen molar-refractivity contribution in [1.29, 1.82) is 0 Å². The molecule has 2 aromatic heterocycles. The predicted molar refractivity (Wildman–Crippen MR) is 156 cm³/mol. The van der Waals surface area contributed by atoms with Gasteiger partial charge in [-0.05, 0) is 23.8 Å². The van der Waals surface area contributed by atoms with E-state index < -0.39 is 36.4 Å². The Morgan fingerprint density at radius 2 is 1.25 bits per heavy atom. The monoisotopic (exact) mass is 743 g/mol. The van der Waals surface area contributed by atoms with E-state index in [0.29, 0.717) is 0 Å². The Kier molecular flexibility index (Phi) is 13.6. The molecule has 4 N–H and O–H groups in total. The van der Waals surface area contributed by atoms with Crippen molar-refractivity contribution in [2.75, 3.05) is 36.0 Å². The third-order valence-electron chi connectivity index (χ3n) is 6.16. The Hall–Kier alpha value is -6.23. The highest BCUT2D eigenvalue weighted by Crippen LogP contribution is 2.30. The summed E-state index contributed by atoms with van der Waals surface area (Å²) in [5, 5.41) is 40.3. The van der Waals surface area contributed by atoms with Crippen molar-refractivity contribution in [3.63, 3.8) is 0 Å². The SMILES string of the molecule is O=C(O)C(F)(F)F.O=C(O)C(F)(F)F.O=C(O)C(F)(F)F.O=[N+]([O-])c1cccc(N2CCN(c3ncnc4ccc(-c5cn[nH]c5)cc34)CC2)c1. The number of non-ortho nitro benzene ring substituents is 1. The lowest BCUT2D eigenvalue weighted by molar-refractivity contribution is -0.384. The summed E-state index contributed by atoms with van der Waals surface area (Å²) >= 11 is 0. The Balaban J connectivity index is 0.000000352. The topological polar surface area (TPSA) is 216 Å². The molecule has 0 unspecified atom stereocenters. The summed E-state index contributed by atoms with van der Waals surface area (Å²) in [5.74, 6) is -7.36. The molecule has 276 valence electrons. The van der Waals surface area contributed by atoms with E-state index in [2.05, 4.69) is 36.0 Å². The molecule has 15 nitrogen and oxygen atoms in total. The van der Waals surface area contributed by atoms with Crippen molar-refractivity contribution in [2.45, 2.75) is 18.5 Å². The quantitative estimate of drug-likeness (QED) is 0.121. The second-order valence-electron chi connectivity index (χ2n) is 9.58. The van der Waals surface area contributed by atoms with Gasteiger partial charge in [0.05, 0.1) is 16.6 Å². The number of aromatic nitrogens is 4. The highest BCUT2D eigenvalue weighted by atomic mass is 19.4. The normalized spacial score (nSPS) is 13.0. The molecule has 51 heavy (non-hydrogen) atoms. The molecule has 0 bridgehead atoms. The molecule has 0 amide bonds. The maximum Gasteiger partial charge on any atom is 0.490 e. The first-order chi connectivity index (χ1) is 23.5. The van der Waals surface area contributed by atoms with Gasteiger partial charge in [0.1, 0.15) is 12.1 Å². The number of carboxylic acids is 3. The number of nitrogens with one attached hydrogen (secondary N) is 1. The number of hydrogen-bond donors (Lipinski definition) is 4. The van der Waals surface area contributed by atoms with Crippen molar-refractivity contribution >= 4 is 46.0 Å². The van der Waals surface area contributed by atoms with Gasteiger partial charge in [-0.2, -0.15) is 44.6 Å². The molecule has 0 saturated carbocycles. The molecule has 3 heterocycles. The van der Waals surface area contributed by atoms with Gasteiger partial charge < -0.3 is 25.1 Å². The van der Waals surface area contributed by atoms with Crippen LogP contribution in [0.25, 0.3) is 22.0 Å². The largest absolute Gasteiger partial charge is 0.490 e. The van der Waals surface area contributed by atoms with Crippen LogP contribution in [0, 0.1) is 10.1 Å². The van der Waals surface area contributed by atoms with E-state index in [-0.39, 0.29) is 10.6 Å². The van der Waals surface area contributed by atoms with Crippen LogP contribution in [0.4, 0.5) is 56.7 Å². The zero-order valence-corrected chi connectivity index (χ0v) is 25.1. The van der Waals surface area contributed by atoms with Gasteiger partial charge in [0.25, 0.3) is 5.69 Å². The fourth-order valence-corrected chi connectivity index (χ4v) is 3.86. The van der Waals surface area contributed by atoms with Crippen LogP contribution in [0.1, 0.15) is 0 Å². The predicted octanol–water partition coefficient (Wildman–Crippen LogP) is 5.15. The number of aromatic amines is 1. The van der Waals surface area contributed by atoms with Crippen LogP contribution in [-0.2, 0) is 14.4 Å². The van der Waals surface area contributed by atoms with Crippen LogP contribution in [0.5, 0.6) is 0 Å². The molecule has 0 aliphatic carbocycles. The van der Waals surface area contributed by atoms with Crippen molar-refractivity contribution < 1.29 is 74.1 Å². The summed E-state index contributed by atoms with van der Waals surface area (Å²) in [5.41, 5.74) is 3.96. The van der Waals surface area contributed by atoms with Gasteiger partial charge in [-0.25, -0.2) is 24.4 Å². The average molecular weight is 743 g/mol. The van der Waals surface area contributed by atoms with E-state index >= 15 is 0 Å². The number of aliphatic carboxylic acids is 3. The Bertz CT molecular complexity index is 1750. The zero-order valence-electron chi connectivity index (χ0n) is 25.1. The number of nitro benzene ring substituents is 1. The molecular formula is C27H22F9N7O8. The molecule has 0 radical (unpaired) electrons. The fourth-order valence-electron chi connectivity index (χ4n) is 3.86.